The fraction of sp³-hybridized carbons (Fsp3) is 0.0800. The fourth-order valence-electron chi connectivity index (χ4n) is 8.90. The SMILES string of the molecule is Cc1ccc(-c2c3ccccc3c(-c3ccc4sc5cccc(-c6c7ccccc7c(C7=CCC(C)S7)c7ccccc67)c5c4c3)c3ccccc23)s1. The van der Waals surface area contributed by atoms with Gasteiger partial charge < -0.3 is 0 Å². The van der Waals surface area contributed by atoms with Crippen molar-refractivity contribution in [2.24, 2.45) is 0 Å². The van der Waals surface area contributed by atoms with Crippen molar-refractivity contribution in [3.05, 3.63) is 162 Å². The summed E-state index contributed by atoms with van der Waals surface area (Å²) in [7, 11) is 0. The lowest BCUT2D eigenvalue weighted by molar-refractivity contribution is 1.00. The summed E-state index contributed by atoms with van der Waals surface area (Å²) in [6.07, 6.45) is 3.58. The van der Waals surface area contributed by atoms with Gasteiger partial charge in [-0.3, -0.25) is 0 Å². The Kier molecular flexibility index (Phi) is 7.20. The van der Waals surface area contributed by atoms with Gasteiger partial charge in [0.05, 0.1) is 0 Å². The van der Waals surface area contributed by atoms with Gasteiger partial charge in [-0.1, -0.05) is 128 Å². The topological polar surface area (TPSA) is 0 Å². The van der Waals surface area contributed by atoms with Gasteiger partial charge in [0, 0.05) is 51.2 Å². The summed E-state index contributed by atoms with van der Waals surface area (Å²) in [5, 5.41) is 13.8. The standard InChI is InChI=1S/C50H34S3/c1-29-22-25-44(51-29)48-36-16-7-3-12-32(36)46(33-13-4-8-17-37(33)48)31-24-27-42-41(28-31)50-40(20-11-21-43(50)53-42)47-34-14-5-9-18-38(34)49(45-26-23-30(2)52-45)39-19-10-6-15-35(39)47/h3-22,24-28,30H,23H2,1-2H3. The lowest BCUT2D eigenvalue weighted by Gasteiger charge is -2.19. The first-order valence-corrected chi connectivity index (χ1v) is 20.9. The minimum absolute atomic E-state index is 0.604. The van der Waals surface area contributed by atoms with Gasteiger partial charge in [0.25, 0.3) is 0 Å². The quantitative estimate of drug-likeness (QED) is 0.163. The molecule has 0 amide bonds. The molecule has 3 heterocycles. The van der Waals surface area contributed by atoms with Crippen LogP contribution in [-0.4, -0.2) is 5.25 Å². The van der Waals surface area contributed by atoms with Gasteiger partial charge in [0.1, 0.15) is 0 Å². The van der Waals surface area contributed by atoms with E-state index in [0.29, 0.717) is 5.25 Å². The lowest BCUT2D eigenvalue weighted by Crippen LogP contribution is -1.93. The second-order valence-corrected chi connectivity index (χ2v) is 18.2. The summed E-state index contributed by atoms with van der Waals surface area (Å²) in [5.74, 6) is 0. The van der Waals surface area contributed by atoms with Gasteiger partial charge in [-0.25, -0.2) is 0 Å². The predicted octanol–water partition coefficient (Wildman–Crippen LogP) is 15.9. The van der Waals surface area contributed by atoms with Crippen molar-refractivity contribution in [1.29, 1.82) is 0 Å². The molecule has 0 aliphatic carbocycles. The zero-order chi connectivity index (χ0) is 35.2. The summed E-state index contributed by atoms with van der Waals surface area (Å²) in [5.41, 5.74) is 7.94. The lowest BCUT2D eigenvalue weighted by atomic mass is 9.86. The van der Waals surface area contributed by atoms with E-state index in [0.717, 1.165) is 6.42 Å². The Bertz CT molecular complexity index is 3040. The third-order valence-electron chi connectivity index (χ3n) is 11.1. The zero-order valence-corrected chi connectivity index (χ0v) is 31.9. The van der Waals surface area contributed by atoms with E-state index in [1.165, 1.54) is 111 Å². The first kappa shape index (κ1) is 31.3. The van der Waals surface area contributed by atoms with Gasteiger partial charge in [-0.05, 0) is 109 Å². The highest BCUT2D eigenvalue weighted by molar-refractivity contribution is 8.09. The summed E-state index contributed by atoms with van der Waals surface area (Å²) in [6.45, 7) is 4.54. The number of fused-ring (bicyclic) bond motifs is 7. The number of hydrogen-bond donors (Lipinski definition) is 0. The number of rotatable bonds is 4. The molecule has 0 N–H and O–H groups in total. The third kappa shape index (κ3) is 4.81. The van der Waals surface area contributed by atoms with Gasteiger partial charge in [-0.15, -0.1) is 34.4 Å². The largest absolute Gasteiger partial charge is 0.141 e. The normalized spacial score (nSPS) is 14.8. The van der Waals surface area contributed by atoms with Crippen LogP contribution in [0.15, 0.2) is 152 Å². The Balaban J connectivity index is 1.21. The first-order chi connectivity index (χ1) is 26.1. The van der Waals surface area contributed by atoms with Crippen LogP contribution in [-0.2, 0) is 0 Å². The Morgan fingerprint density at radius 3 is 1.58 bits per heavy atom. The Labute approximate surface area is 321 Å². The van der Waals surface area contributed by atoms with Crippen LogP contribution < -0.4 is 0 Å². The van der Waals surface area contributed by atoms with Crippen LogP contribution in [0.5, 0.6) is 0 Å². The molecule has 0 radical (unpaired) electrons. The molecule has 10 aromatic rings. The number of thiophene rings is 2. The summed E-state index contributed by atoms with van der Waals surface area (Å²) in [4.78, 5) is 4.08. The van der Waals surface area contributed by atoms with Crippen molar-refractivity contribution in [2.75, 3.05) is 0 Å². The average Bonchev–Trinajstić information content (AvgIpc) is 3.93. The molecular formula is C50H34S3. The van der Waals surface area contributed by atoms with Gasteiger partial charge in [0.15, 0.2) is 0 Å². The molecule has 0 spiro atoms. The highest BCUT2D eigenvalue weighted by atomic mass is 32.2. The van der Waals surface area contributed by atoms with Crippen LogP contribution in [0.2, 0.25) is 0 Å². The van der Waals surface area contributed by atoms with Crippen molar-refractivity contribution in [3.8, 4) is 32.7 Å². The number of hydrogen-bond acceptors (Lipinski definition) is 3. The van der Waals surface area contributed by atoms with Crippen LogP contribution >= 0.6 is 34.4 Å². The van der Waals surface area contributed by atoms with E-state index >= 15 is 0 Å². The Hall–Kier alpha value is -5.19. The van der Waals surface area contributed by atoms with Gasteiger partial charge in [-0.2, -0.15) is 0 Å². The molecule has 53 heavy (non-hydrogen) atoms. The molecule has 8 aromatic carbocycles. The summed E-state index contributed by atoms with van der Waals surface area (Å²) >= 11 is 5.81. The summed E-state index contributed by atoms with van der Waals surface area (Å²) in [6, 6.07) is 54.9. The van der Waals surface area contributed by atoms with E-state index in [1.54, 1.807) is 0 Å². The molecule has 3 heteroatoms. The average molecular weight is 731 g/mol. The molecule has 1 aliphatic heterocycles. The van der Waals surface area contributed by atoms with Crippen molar-refractivity contribution >= 4 is 103 Å². The third-order valence-corrected chi connectivity index (χ3v) is 14.5. The fourth-order valence-corrected chi connectivity index (χ4v) is 12.1. The van der Waals surface area contributed by atoms with Crippen LogP contribution in [0.25, 0.3) is 101 Å². The number of thioether (sulfide) groups is 1. The van der Waals surface area contributed by atoms with Crippen molar-refractivity contribution in [1.82, 2.24) is 0 Å². The van der Waals surface area contributed by atoms with Crippen molar-refractivity contribution in [3.63, 3.8) is 0 Å². The molecule has 0 fully saturated rings. The van der Waals surface area contributed by atoms with Gasteiger partial charge >= 0.3 is 0 Å². The Morgan fingerprint density at radius 1 is 0.472 bits per heavy atom. The monoisotopic (exact) mass is 730 g/mol. The van der Waals surface area contributed by atoms with Crippen LogP contribution in [0.3, 0.4) is 0 Å². The molecule has 1 atom stereocenters. The highest BCUT2D eigenvalue weighted by Crippen LogP contribution is 2.51. The van der Waals surface area contributed by atoms with Crippen molar-refractivity contribution in [2.45, 2.75) is 25.5 Å². The maximum atomic E-state index is 2.49. The Morgan fingerprint density at radius 2 is 1.04 bits per heavy atom. The predicted molar refractivity (Wildman–Crippen MR) is 238 cm³/mol. The molecule has 0 nitrogen and oxygen atoms in total. The van der Waals surface area contributed by atoms with E-state index in [1.807, 2.05) is 34.4 Å². The molecule has 11 rings (SSSR count). The number of benzene rings is 8. The van der Waals surface area contributed by atoms with Crippen LogP contribution in [0.1, 0.15) is 23.8 Å². The van der Waals surface area contributed by atoms with E-state index in [-0.39, 0.29) is 0 Å². The van der Waals surface area contributed by atoms with E-state index in [4.69, 9.17) is 0 Å². The van der Waals surface area contributed by atoms with E-state index in [9.17, 15) is 0 Å². The molecule has 0 saturated carbocycles. The maximum absolute atomic E-state index is 2.49. The zero-order valence-electron chi connectivity index (χ0n) is 29.4. The second kappa shape index (κ2) is 12.2. The number of aryl methyl sites for hydroxylation is 1. The van der Waals surface area contributed by atoms with Crippen molar-refractivity contribution < 1.29 is 0 Å². The smallest absolute Gasteiger partial charge is 0.0361 e. The van der Waals surface area contributed by atoms with Crippen LogP contribution in [0, 0.1) is 6.92 Å². The first-order valence-electron chi connectivity index (χ1n) is 18.4. The molecular weight excluding hydrogens is 697 g/mol. The van der Waals surface area contributed by atoms with E-state index in [2.05, 4.69) is 166 Å². The number of allylic oxidation sites excluding steroid dienone is 1. The molecule has 1 aliphatic rings. The van der Waals surface area contributed by atoms with E-state index < -0.39 is 0 Å². The highest BCUT2D eigenvalue weighted by Gasteiger charge is 2.24. The molecule has 2 aromatic heterocycles. The molecule has 0 bridgehead atoms. The minimum atomic E-state index is 0.604. The maximum Gasteiger partial charge on any atom is 0.0361 e. The van der Waals surface area contributed by atoms with Crippen LogP contribution in [0.4, 0.5) is 0 Å². The van der Waals surface area contributed by atoms with Gasteiger partial charge in [0.2, 0.25) is 0 Å². The molecule has 1 unspecified atom stereocenters. The minimum Gasteiger partial charge on any atom is -0.141 e. The summed E-state index contributed by atoms with van der Waals surface area (Å²) < 4.78 is 2.65. The second-order valence-electron chi connectivity index (χ2n) is 14.3. The molecule has 252 valence electrons. The molecule has 0 saturated heterocycles.